The van der Waals surface area contributed by atoms with Gasteiger partial charge in [-0.1, -0.05) is 32.0 Å². The van der Waals surface area contributed by atoms with E-state index in [1.165, 1.54) is 11.1 Å². The average molecular weight is 410 g/mol. The molecule has 2 aliphatic rings. The van der Waals surface area contributed by atoms with E-state index in [2.05, 4.69) is 47.9 Å². The minimum atomic E-state index is 0.132. The Morgan fingerprint density at radius 3 is 2.27 bits per heavy atom. The standard InChI is InChI=1S/C24H31N3O3/c1-3-25(4-2)16-19-5-8-21(9-6-19)24(28)27-13-11-26(12-14-27)17-20-7-10-22-23(15-20)30-18-29-22/h5-10,15H,3-4,11-14,16-18H2,1-2H3. The van der Waals surface area contributed by atoms with Crippen LogP contribution in [0.15, 0.2) is 42.5 Å². The van der Waals surface area contributed by atoms with Gasteiger partial charge in [0.15, 0.2) is 11.5 Å². The van der Waals surface area contributed by atoms with Crippen molar-refractivity contribution in [2.75, 3.05) is 46.1 Å². The topological polar surface area (TPSA) is 45.3 Å². The van der Waals surface area contributed by atoms with Gasteiger partial charge in [0.1, 0.15) is 0 Å². The second-order valence-corrected chi connectivity index (χ2v) is 7.91. The number of benzene rings is 2. The quantitative estimate of drug-likeness (QED) is 0.703. The van der Waals surface area contributed by atoms with Crippen LogP contribution in [0, 0.1) is 0 Å². The Hall–Kier alpha value is -2.57. The van der Waals surface area contributed by atoms with Gasteiger partial charge in [0, 0.05) is 44.8 Å². The van der Waals surface area contributed by atoms with Crippen molar-refractivity contribution < 1.29 is 14.3 Å². The number of hydrogen-bond acceptors (Lipinski definition) is 5. The highest BCUT2D eigenvalue weighted by atomic mass is 16.7. The van der Waals surface area contributed by atoms with E-state index in [1.54, 1.807) is 0 Å². The second-order valence-electron chi connectivity index (χ2n) is 7.91. The predicted octanol–water partition coefficient (Wildman–Crippen LogP) is 3.22. The van der Waals surface area contributed by atoms with Gasteiger partial charge in [-0.2, -0.15) is 0 Å². The zero-order valence-electron chi connectivity index (χ0n) is 18.0. The molecular formula is C24H31N3O3. The number of nitrogens with zero attached hydrogens (tertiary/aromatic N) is 3. The minimum absolute atomic E-state index is 0.132. The first kappa shape index (κ1) is 20.7. The maximum atomic E-state index is 12.9. The lowest BCUT2D eigenvalue weighted by molar-refractivity contribution is 0.0628. The number of fused-ring (bicyclic) bond motifs is 1. The van der Waals surface area contributed by atoms with Crippen LogP contribution in [0.1, 0.15) is 35.3 Å². The van der Waals surface area contributed by atoms with Crippen LogP contribution in [0.4, 0.5) is 0 Å². The number of hydrogen-bond donors (Lipinski definition) is 0. The number of ether oxygens (including phenoxy) is 2. The van der Waals surface area contributed by atoms with Crippen molar-refractivity contribution >= 4 is 5.91 Å². The lowest BCUT2D eigenvalue weighted by Gasteiger charge is -2.34. The van der Waals surface area contributed by atoms with Gasteiger partial charge in [0.2, 0.25) is 6.79 Å². The summed E-state index contributed by atoms with van der Waals surface area (Å²) in [6, 6.07) is 14.2. The second kappa shape index (κ2) is 9.49. The maximum absolute atomic E-state index is 12.9. The molecule has 6 heteroatoms. The van der Waals surface area contributed by atoms with Gasteiger partial charge < -0.3 is 14.4 Å². The zero-order chi connectivity index (χ0) is 20.9. The smallest absolute Gasteiger partial charge is 0.253 e. The molecule has 2 aliphatic heterocycles. The number of carbonyl (C=O) groups is 1. The summed E-state index contributed by atoms with van der Waals surface area (Å²) in [6.45, 7) is 11.8. The molecule has 0 radical (unpaired) electrons. The van der Waals surface area contributed by atoms with E-state index in [1.807, 2.05) is 23.1 Å². The van der Waals surface area contributed by atoms with E-state index in [-0.39, 0.29) is 5.91 Å². The molecule has 0 aliphatic carbocycles. The van der Waals surface area contributed by atoms with E-state index < -0.39 is 0 Å². The first-order chi connectivity index (χ1) is 14.7. The molecule has 0 atom stereocenters. The van der Waals surface area contributed by atoms with Crippen molar-refractivity contribution in [3.8, 4) is 11.5 Å². The highest BCUT2D eigenvalue weighted by Gasteiger charge is 2.23. The zero-order valence-corrected chi connectivity index (χ0v) is 18.0. The molecule has 2 aromatic carbocycles. The number of piperazine rings is 1. The highest BCUT2D eigenvalue weighted by molar-refractivity contribution is 5.94. The minimum Gasteiger partial charge on any atom is -0.454 e. The molecule has 1 fully saturated rings. The van der Waals surface area contributed by atoms with Gasteiger partial charge in [-0.25, -0.2) is 0 Å². The molecule has 0 saturated carbocycles. The van der Waals surface area contributed by atoms with Crippen LogP contribution in [-0.4, -0.2) is 66.7 Å². The molecule has 2 aromatic rings. The summed E-state index contributed by atoms with van der Waals surface area (Å²) in [4.78, 5) is 19.6. The van der Waals surface area contributed by atoms with E-state index in [4.69, 9.17) is 9.47 Å². The van der Waals surface area contributed by atoms with Crippen molar-refractivity contribution in [3.05, 3.63) is 59.2 Å². The van der Waals surface area contributed by atoms with Gasteiger partial charge in [0.05, 0.1) is 0 Å². The molecule has 4 rings (SSSR count). The van der Waals surface area contributed by atoms with Crippen molar-refractivity contribution in [2.24, 2.45) is 0 Å². The molecule has 0 unspecified atom stereocenters. The molecule has 0 aromatic heterocycles. The molecule has 0 N–H and O–H groups in total. The molecule has 1 amide bonds. The maximum Gasteiger partial charge on any atom is 0.253 e. The summed E-state index contributed by atoms with van der Waals surface area (Å²) in [5, 5.41) is 0. The van der Waals surface area contributed by atoms with Gasteiger partial charge >= 0.3 is 0 Å². The Morgan fingerprint density at radius 1 is 0.900 bits per heavy atom. The molecule has 160 valence electrons. The summed E-state index contributed by atoms with van der Waals surface area (Å²) in [7, 11) is 0. The van der Waals surface area contributed by atoms with Crippen LogP contribution in [0.25, 0.3) is 0 Å². The SMILES string of the molecule is CCN(CC)Cc1ccc(C(=O)N2CCN(Cc3ccc4c(c3)OCO4)CC2)cc1. The summed E-state index contributed by atoms with van der Waals surface area (Å²) in [6.07, 6.45) is 0. The molecule has 0 spiro atoms. The fourth-order valence-corrected chi connectivity index (χ4v) is 4.05. The predicted molar refractivity (Wildman–Crippen MR) is 117 cm³/mol. The van der Waals surface area contributed by atoms with Gasteiger partial charge in [-0.15, -0.1) is 0 Å². The Balaban J connectivity index is 1.29. The van der Waals surface area contributed by atoms with Gasteiger partial charge in [-0.05, 0) is 48.5 Å². The summed E-state index contributed by atoms with van der Waals surface area (Å²) < 4.78 is 10.9. The van der Waals surface area contributed by atoms with Crippen molar-refractivity contribution in [2.45, 2.75) is 26.9 Å². The monoisotopic (exact) mass is 409 g/mol. The molecule has 6 nitrogen and oxygen atoms in total. The van der Waals surface area contributed by atoms with E-state index in [0.717, 1.165) is 69.4 Å². The van der Waals surface area contributed by atoms with E-state index >= 15 is 0 Å². The van der Waals surface area contributed by atoms with Crippen LogP contribution in [0.2, 0.25) is 0 Å². The van der Waals surface area contributed by atoms with Gasteiger partial charge in [-0.3, -0.25) is 14.6 Å². The van der Waals surface area contributed by atoms with E-state index in [0.29, 0.717) is 6.79 Å². The molecule has 2 heterocycles. The van der Waals surface area contributed by atoms with Crippen LogP contribution in [0.5, 0.6) is 11.5 Å². The average Bonchev–Trinajstić information content (AvgIpc) is 3.26. The van der Waals surface area contributed by atoms with E-state index in [9.17, 15) is 4.79 Å². The Bertz CT molecular complexity index is 856. The fourth-order valence-electron chi connectivity index (χ4n) is 4.05. The van der Waals surface area contributed by atoms with Crippen LogP contribution in [-0.2, 0) is 13.1 Å². The number of amides is 1. The molecule has 1 saturated heterocycles. The van der Waals surface area contributed by atoms with Crippen molar-refractivity contribution in [1.29, 1.82) is 0 Å². The summed E-state index contributed by atoms with van der Waals surface area (Å²) >= 11 is 0. The molecule has 0 bridgehead atoms. The van der Waals surface area contributed by atoms with Crippen molar-refractivity contribution in [3.63, 3.8) is 0 Å². The highest BCUT2D eigenvalue weighted by Crippen LogP contribution is 2.32. The molecule has 30 heavy (non-hydrogen) atoms. The molecular weight excluding hydrogens is 378 g/mol. The Kier molecular flexibility index (Phi) is 6.55. The third-order valence-electron chi connectivity index (χ3n) is 6.00. The lowest BCUT2D eigenvalue weighted by atomic mass is 10.1. The third-order valence-corrected chi connectivity index (χ3v) is 6.00. The Morgan fingerprint density at radius 2 is 1.57 bits per heavy atom. The lowest BCUT2D eigenvalue weighted by Crippen LogP contribution is -2.48. The largest absolute Gasteiger partial charge is 0.454 e. The first-order valence-electron chi connectivity index (χ1n) is 10.9. The van der Waals surface area contributed by atoms with Crippen molar-refractivity contribution in [1.82, 2.24) is 14.7 Å². The first-order valence-corrected chi connectivity index (χ1v) is 10.9. The summed E-state index contributed by atoms with van der Waals surface area (Å²) in [5.41, 5.74) is 3.24. The fraction of sp³-hybridized carbons (Fsp3) is 0.458. The summed E-state index contributed by atoms with van der Waals surface area (Å²) in [5.74, 6) is 1.77. The van der Waals surface area contributed by atoms with Crippen LogP contribution >= 0.6 is 0 Å². The van der Waals surface area contributed by atoms with Gasteiger partial charge in [0.25, 0.3) is 5.91 Å². The number of rotatable bonds is 7. The van der Waals surface area contributed by atoms with Crippen LogP contribution in [0.3, 0.4) is 0 Å². The Labute approximate surface area is 179 Å². The normalized spacial score (nSPS) is 16.3. The number of carbonyl (C=O) groups excluding carboxylic acids is 1. The van der Waals surface area contributed by atoms with Crippen LogP contribution < -0.4 is 9.47 Å². The third kappa shape index (κ3) is 4.77.